The van der Waals surface area contributed by atoms with Gasteiger partial charge in [0.15, 0.2) is 5.78 Å². The molecule has 0 amide bonds. The van der Waals surface area contributed by atoms with Gasteiger partial charge in [-0.05, 0) is 48.2 Å². The minimum absolute atomic E-state index is 0.0812. The predicted molar refractivity (Wildman–Crippen MR) is 121 cm³/mol. The molecule has 0 spiro atoms. The Morgan fingerprint density at radius 3 is 2.25 bits per heavy atom. The fourth-order valence-corrected chi connectivity index (χ4v) is 3.49. The number of nitrogens with one attached hydrogen (secondary N) is 1. The molecule has 3 rings (SSSR count). The number of ketones is 1. The van der Waals surface area contributed by atoms with Crippen LogP contribution in [0.1, 0.15) is 53.7 Å². The Balaban J connectivity index is 1.78. The van der Waals surface area contributed by atoms with E-state index < -0.39 is 0 Å². The Morgan fingerprint density at radius 1 is 0.929 bits per heavy atom. The minimum atomic E-state index is -0.0812. The highest BCUT2D eigenvalue weighted by Crippen LogP contribution is 2.26. The zero-order chi connectivity index (χ0) is 19.8. The van der Waals surface area contributed by atoms with Crippen LogP contribution in [0.2, 0.25) is 0 Å². The summed E-state index contributed by atoms with van der Waals surface area (Å²) in [5.41, 5.74) is 4.24. The van der Waals surface area contributed by atoms with Gasteiger partial charge in [0.1, 0.15) is 0 Å². The highest BCUT2D eigenvalue weighted by molar-refractivity contribution is 9.10. The first kappa shape index (κ1) is 20.3. The molecule has 0 fully saturated rings. The number of anilines is 1. The van der Waals surface area contributed by atoms with E-state index in [1.807, 2.05) is 42.5 Å². The van der Waals surface area contributed by atoms with Crippen molar-refractivity contribution in [1.82, 2.24) is 0 Å². The summed E-state index contributed by atoms with van der Waals surface area (Å²) in [4.78, 5) is 12.8. The van der Waals surface area contributed by atoms with Gasteiger partial charge in [0.25, 0.3) is 0 Å². The summed E-state index contributed by atoms with van der Waals surface area (Å²) < 4.78 is 1.03. The van der Waals surface area contributed by atoms with E-state index >= 15 is 0 Å². The fourth-order valence-electron chi connectivity index (χ4n) is 3.22. The maximum atomic E-state index is 12.8. The molecule has 144 valence electrons. The van der Waals surface area contributed by atoms with Crippen molar-refractivity contribution in [3.8, 4) is 0 Å². The second kappa shape index (κ2) is 10.2. The quantitative estimate of drug-likeness (QED) is 0.359. The first-order valence-corrected chi connectivity index (χ1v) is 10.6. The molecule has 1 N–H and O–H groups in total. The molecule has 2 nitrogen and oxygen atoms in total. The molecule has 0 saturated carbocycles. The number of hydrogen-bond acceptors (Lipinski definition) is 2. The second-order valence-corrected chi connectivity index (χ2v) is 7.96. The summed E-state index contributed by atoms with van der Waals surface area (Å²) >= 11 is 3.49. The number of unbranched alkanes of at least 4 members (excludes halogenated alkanes) is 1. The van der Waals surface area contributed by atoms with Crippen LogP contribution in [0.25, 0.3) is 0 Å². The van der Waals surface area contributed by atoms with Crippen molar-refractivity contribution < 1.29 is 4.79 Å². The van der Waals surface area contributed by atoms with Crippen LogP contribution in [0.5, 0.6) is 0 Å². The third-order valence-corrected chi connectivity index (χ3v) is 5.40. The summed E-state index contributed by atoms with van der Waals surface area (Å²) in [5, 5.41) is 3.56. The van der Waals surface area contributed by atoms with E-state index in [0.717, 1.165) is 27.7 Å². The van der Waals surface area contributed by atoms with Crippen molar-refractivity contribution in [2.75, 3.05) is 5.32 Å². The molecule has 1 unspecified atom stereocenters. The van der Waals surface area contributed by atoms with Gasteiger partial charge in [-0.2, -0.15) is 0 Å². The largest absolute Gasteiger partial charge is 0.378 e. The Hall–Kier alpha value is -2.39. The zero-order valence-electron chi connectivity index (χ0n) is 16.2. The Morgan fingerprint density at radius 2 is 1.61 bits per heavy atom. The molecule has 0 aliphatic carbocycles. The lowest BCUT2D eigenvalue weighted by Crippen LogP contribution is -2.16. The van der Waals surface area contributed by atoms with E-state index in [9.17, 15) is 4.79 Å². The number of carbonyl (C=O) groups is 1. The summed E-state index contributed by atoms with van der Waals surface area (Å²) in [6, 6.07) is 26.2. The Kier molecular flexibility index (Phi) is 7.44. The Labute approximate surface area is 176 Å². The normalized spacial score (nSPS) is 11.8. The number of benzene rings is 3. The average Bonchev–Trinajstić information content (AvgIpc) is 2.74. The molecule has 3 aromatic carbocycles. The molecule has 0 aromatic heterocycles. The zero-order valence-corrected chi connectivity index (χ0v) is 17.8. The summed E-state index contributed by atoms with van der Waals surface area (Å²) in [5.74, 6) is 0.139. The molecule has 0 bridgehead atoms. The number of halogens is 1. The van der Waals surface area contributed by atoms with Crippen LogP contribution < -0.4 is 5.32 Å². The van der Waals surface area contributed by atoms with Crippen molar-refractivity contribution in [2.24, 2.45) is 0 Å². The smallest absolute Gasteiger partial charge is 0.165 e. The van der Waals surface area contributed by atoms with Gasteiger partial charge in [0.05, 0.1) is 6.04 Å². The van der Waals surface area contributed by atoms with Gasteiger partial charge in [0, 0.05) is 22.1 Å². The molecule has 28 heavy (non-hydrogen) atoms. The standard InChI is InChI=1S/C25H26BrNO/c1-2-3-7-19-10-16-23(17-11-19)27-24(20-12-14-22(26)15-13-20)18-25(28)21-8-5-4-6-9-21/h4-6,8-17,24,27H,2-3,7,18H2,1H3. The predicted octanol–water partition coefficient (Wildman–Crippen LogP) is 7.22. The van der Waals surface area contributed by atoms with Gasteiger partial charge < -0.3 is 5.32 Å². The van der Waals surface area contributed by atoms with Crippen LogP contribution in [0.3, 0.4) is 0 Å². The maximum absolute atomic E-state index is 12.8. The second-order valence-electron chi connectivity index (χ2n) is 7.04. The summed E-state index contributed by atoms with van der Waals surface area (Å²) in [6.45, 7) is 2.21. The minimum Gasteiger partial charge on any atom is -0.378 e. The van der Waals surface area contributed by atoms with Gasteiger partial charge in [0.2, 0.25) is 0 Å². The van der Waals surface area contributed by atoms with Gasteiger partial charge >= 0.3 is 0 Å². The van der Waals surface area contributed by atoms with E-state index in [-0.39, 0.29) is 11.8 Å². The van der Waals surface area contributed by atoms with Gasteiger partial charge in [-0.25, -0.2) is 0 Å². The van der Waals surface area contributed by atoms with E-state index in [1.54, 1.807) is 0 Å². The summed E-state index contributed by atoms with van der Waals surface area (Å²) in [7, 11) is 0. The molecule has 0 aliphatic rings. The van der Waals surface area contributed by atoms with Crippen molar-refractivity contribution >= 4 is 27.4 Å². The third-order valence-electron chi connectivity index (χ3n) is 4.87. The van der Waals surface area contributed by atoms with Crippen LogP contribution in [-0.2, 0) is 6.42 Å². The molecule has 3 heteroatoms. The number of carbonyl (C=O) groups excluding carboxylic acids is 1. The number of Topliss-reactive ketones (excluding diaryl/α,β-unsaturated/α-hetero) is 1. The average molecular weight is 436 g/mol. The van der Waals surface area contributed by atoms with Crippen molar-refractivity contribution in [3.05, 3.63) is 100 Å². The SMILES string of the molecule is CCCCc1ccc(NC(CC(=O)c2ccccc2)c2ccc(Br)cc2)cc1. The molecule has 1 atom stereocenters. The van der Waals surface area contributed by atoms with Crippen molar-refractivity contribution in [1.29, 1.82) is 0 Å². The van der Waals surface area contributed by atoms with Crippen molar-refractivity contribution in [2.45, 2.75) is 38.6 Å². The molecular weight excluding hydrogens is 410 g/mol. The van der Waals surface area contributed by atoms with E-state index in [2.05, 4.69) is 64.6 Å². The van der Waals surface area contributed by atoms with Crippen LogP contribution in [0.4, 0.5) is 5.69 Å². The van der Waals surface area contributed by atoms with Crippen LogP contribution >= 0.6 is 15.9 Å². The first-order chi connectivity index (χ1) is 13.7. The van der Waals surface area contributed by atoms with Crippen LogP contribution in [0, 0.1) is 0 Å². The number of rotatable bonds is 9. The molecule has 0 radical (unpaired) electrons. The van der Waals surface area contributed by atoms with E-state index in [4.69, 9.17) is 0 Å². The van der Waals surface area contributed by atoms with Crippen LogP contribution in [0.15, 0.2) is 83.3 Å². The monoisotopic (exact) mass is 435 g/mol. The lowest BCUT2D eigenvalue weighted by atomic mass is 9.97. The van der Waals surface area contributed by atoms with E-state index in [0.29, 0.717) is 6.42 Å². The Bertz CT molecular complexity index is 873. The van der Waals surface area contributed by atoms with Gasteiger partial charge in [-0.15, -0.1) is 0 Å². The van der Waals surface area contributed by atoms with Gasteiger partial charge in [-0.3, -0.25) is 4.79 Å². The fraction of sp³-hybridized carbons (Fsp3) is 0.240. The molecule has 0 saturated heterocycles. The first-order valence-electron chi connectivity index (χ1n) is 9.85. The molecule has 0 heterocycles. The van der Waals surface area contributed by atoms with E-state index in [1.165, 1.54) is 18.4 Å². The highest BCUT2D eigenvalue weighted by Gasteiger charge is 2.17. The van der Waals surface area contributed by atoms with Crippen LogP contribution in [-0.4, -0.2) is 5.78 Å². The number of hydrogen-bond donors (Lipinski definition) is 1. The highest BCUT2D eigenvalue weighted by atomic mass is 79.9. The van der Waals surface area contributed by atoms with Gasteiger partial charge in [-0.1, -0.05) is 83.9 Å². The molecular formula is C25H26BrNO. The molecule has 0 aliphatic heterocycles. The third kappa shape index (κ3) is 5.80. The lowest BCUT2D eigenvalue weighted by Gasteiger charge is -2.20. The summed E-state index contributed by atoms with van der Waals surface area (Å²) in [6.07, 6.45) is 3.93. The van der Waals surface area contributed by atoms with Crippen molar-refractivity contribution in [3.63, 3.8) is 0 Å². The molecule has 3 aromatic rings. The number of aryl methyl sites for hydroxylation is 1. The lowest BCUT2D eigenvalue weighted by molar-refractivity contribution is 0.0976. The topological polar surface area (TPSA) is 29.1 Å². The maximum Gasteiger partial charge on any atom is 0.165 e.